The second-order valence-corrected chi connectivity index (χ2v) is 7.37. The fraction of sp³-hybridized carbons (Fsp3) is 0.364. The lowest BCUT2D eigenvalue weighted by Gasteiger charge is -2.24. The number of amides is 1. The van der Waals surface area contributed by atoms with Crippen LogP contribution in [0.1, 0.15) is 42.7 Å². The number of hydrogen-bond donors (Lipinski definition) is 3. The number of halogens is 2. The summed E-state index contributed by atoms with van der Waals surface area (Å²) < 4.78 is 14.0. The largest absolute Gasteiger partial charge is 0.357 e. The van der Waals surface area contributed by atoms with Gasteiger partial charge in [-0.1, -0.05) is 36.4 Å². The van der Waals surface area contributed by atoms with Gasteiger partial charge in [-0.25, -0.2) is 4.39 Å². The maximum absolute atomic E-state index is 14.0. The monoisotopic (exact) mass is 508 g/mol. The molecule has 1 saturated carbocycles. The Labute approximate surface area is 187 Å². The first-order chi connectivity index (χ1) is 13.7. The van der Waals surface area contributed by atoms with Crippen LogP contribution in [0.2, 0.25) is 0 Å². The topological polar surface area (TPSA) is 65.5 Å². The molecule has 1 heterocycles. The van der Waals surface area contributed by atoms with Crippen LogP contribution in [0.3, 0.4) is 0 Å². The van der Waals surface area contributed by atoms with Crippen LogP contribution >= 0.6 is 24.0 Å². The van der Waals surface area contributed by atoms with Crippen LogP contribution < -0.4 is 16.0 Å². The van der Waals surface area contributed by atoms with Crippen molar-refractivity contribution in [2.24, 2.45) is 4.99 Å². The van der Waals surface area contributed by atoms with Gasteiger partial charge in [-0.15, -0.1) is 24.0 Å². The van der Waals surface area contributed by atoms with Gasteiger partial charge in [-0.3, -0.25) is 9.79 Å². The van der Waals surface area contributed by atoms with Crippen molar-refractivity contribution in [3.8, 4) is 0 Å². The molecule has 154 valence electrons. The number of carbonyl (C=O) groups is 1. The maximum Gasteiger partial charge on any atom is 0.225 e. The van der Waals surface area contributed by atoms with Crippen LogP contribution in [0, 0.1) is 5.82 Å². The zero-order valence-corrected chi connectivity index (χ0v) is 18.7. The quantitative estimate of drug-likeness (QED) is 0.325. The maximum atomic E-state index is 14.0. The highest BCUT2D eigenvalue weighted by atomic mass is 127. The van der Waals surface area contributed by atoms with E-state index >= 15 is 0 Å². The molecule has 4 rings (SSSR count). The number of benzene rings is 2. The molecule has 0 spiro atoms. The van der Waals surface area contributed by atoms with Crippen LogP contribution in [-0.2, 0) is 4.79 Å². The Morgan fingerprint density at radius 2 is 1.90 bits per heavy atom. The second-order valence-electron chi connectivity index (χ2n) is 7.37. The predicted molar refractivity (Wildman–Crippen MR) is 125 cm³/mol. The van der Waals surface area contributed by atoms with Gasteiger partial charge in [-0.2, -0.15) is 0 Å². The molecule has 1 aliphatic carbocycles. The lowest BCUT2D eigenvalue weighted by molar-refractivity contribution is -0.116. The Balaban J connectivity index is 0.00000240. The second kappa shape index (κ2) is 9.56. The van der Waals surface area contributed by atoms with Crippen molar-refractivity contribution in [3.05, 3.63) is 65.5 Å². The first-order valence-electron chi connectivity index (χ1n) is 9.83. The number of nitrogens with one attached hydrogen (secondary N) is 3. The van der Waals surface area contributed by atoms with Crippen molar-refractivity contribution >= 4 is 41.5 Å². The van der Waals surface area contributed by atoms with Gasteiger partial charge in [0.15, 0.2) is 5.96 Å². The van der Waals surface area contributed by atoms with Gasteiger partial charge in [0.1, 0.15) is 5.82 Å². The van der Waals surface area contributed by atoms with E-state index in [0.29, 0.717) is 13.0 Å². The Morgan fingerprint density at radius 1 is 1.17 bits per heavy atom. The van der Waals surface area contributed by atoms with Gasteiger partial charge in [0.2, 0.25) is 5.91 Å². The highest BCUT2D eigenvalue weighted by molar-refractivity contribution is 14.0. The number of anilines is 1. The molecule has 3 atom stereocenters. The van der Waals surface area contributed by atoms with E-state index in [1.807, 2.05) is 43.3 Å². The molecule has 0 bridgehead atoms. The van der Waals surface area contributed by atoms with Crippen LogP contribution in [0.25, 0.3) is 0 Å². The van der Waals surface area contributed by atoms with Crippen LogP contribution in [0.15, 0.2) is 53.5 Å². The SMILES string of the molecule is CCNC(=NCC1CC(=O)Nc2ccccc21)NC1CC1c1ccccc1F.I. The summed E-state index contributed by atoms with van der Waals surface area (Å²) in [6.45, 7) is 3.28. The molecule has 1 fully saturated rings. The zero-order valence-electron chi connectivity index (χ0n) is 16.3. The summed E-state index contributed by atoms with van der Waals surface area (Å²) in [5, 5.41) is 9.59. The highest BCUT2D eigenvalue weighted by Crippen LogP contribution is 2.41. The minimum absolute atomic E-state index is 0. The summed E-state index contributed by atoms with van der Waals surface area (Å²) in [5.41, 5.74) is 2.75. The molecule has 2 aliphatic rings. The van der Waals surface area contributed by atoms with Gasteiger partial charge < -0.3 is 16.0 Å². The van der Waals surface area contributed by atoms with Gasteiger partial charge in [0, 0.05) is 36.5 Å². The summed E-state index contributed by atoms with van der Waals surface area (Å²) in [4.78, 5) is 16.7. The van der Waals surface area contributed by atoms with Gasteiger partial charge >= 0.3 is 0 Å². The van der Waals surface area contributed by atoms with Crippen LogP contribution in [0.4, 0.5) is 10.1 Å². The number of carbonyl (C=O) groups excluding carboxylic acids is 1. The molecule has 2 aromatic carbocycles. The third-order valence-corrected chi connectivity index (χ3v) is 5.34. The Kier molecular flexibility index (Phi) is 7.10. The van der Waals surface area contributed by atoms with Crippen molar-refractivity contribution in [1.29, 1.82) is 0 Å². The lowest BCUT2D eigenvalue weighted by Crippen LogP contribution is -2.39. The number of aliphatic imine (C=N–C) groups is 1. The Bertz CT molecular complexity index is 904. The Morgan fingerprint density at radius 3 is 2.66 bits per heavy atom. The molecule has 1 aliphatic heterocycles. The summed E-state index contributed by atoms with van der Waals surface area (Å²) in [7, 11) is 0. The number of para-hydroxylation sites is 1. The molecule has 5 nitrogen and oxygen atoms in total. The molecule has 0 aromatic heterocycles. The van der Waals surface area contributed by atoms with E-state index in [4.69, 9.17) is 4.99 Å². The summed E-state index contributed by atoms with van der Waals surface area (Å²) in [5.74, 6) is 0.824. The molecule has 2 aromatic rings. The number of guanidine groups is 1. The van der Waals surface area contributed by atoms with Gasteiger partial charge in [-0.05, 0) is 36.6 Å². The van der Waals surface area contributed by atoms with E-state index in [-0.39, 0.29) is 53.6 Å². The third-order valence-electron chi connectivity index (χ3n) is 5.34. The molecule has 0 radical (unpaired) electrons. The number of rotatable bonds is 5. The predicted octanol–water partition coefficient (Wildman–Crippen LogP) is 3.98. The van der Waals surface area contributed by atoms with Gasteiger partial charge in [0.05, 0.1) is 6.54 Å². The first-order valence-corrected chi connectivity index (χ1v) is 9.83. The van der Waals surface area contributed by atoms with E-state index in [2.05, 4.69) is 16.0 Å². The molecular weight excluding hydrogens is 482 g/mol. The lowest BCUT2D eigenvalue weighted by atomic mass is 9.91. The van der Waals surface area contributed by atoms with Crippen LogP contribution in [-0.4, -0.2) is 31.0 Å². The summed E-state index contributed by atoms with van der Waals surface area (Å²) in [6.07, 6.45) is 1.32. The molecule has 3 unspecified atom stereocenters. The highest BCUT2D eigenvalue weighted by Gasteiger charge is 2.40. The van der Waals surface area contributed by atoms with Crippen molar-refractivity contribution in [1.82, 2.24) is 10.6 Å². The zero-order chi connectivity index (χ0) is 19.5. The van der Waals surface area contributed by atoms with E-state index < -0.39 is 0 Å². The molecule has 0 saturated heterocycles. The Hall–Kier alpha value is -2.16. The first kappa shape index (κ1) is 21.5. The minimum Gasteiger partial charge on any atom is -0.357 e. The smallest absolute Gasteiger partial charge is 0.225 e. The average Bonchev–Trinajstić information content (AvgIpc) is 3.45. The normalized spacial score (nSPS) is 22.8. The number of fused-ring (bicyclic) bond motifs is 1. The summed E-state index contributed by atoms with van der Waals surface area (Å²) in [6, 6.07) is 15.0. The molecular formula is C22H26FIN4O. The van der Waals surface area contributed by atoms with Crippen molar-refractivity contribution < 1.29 is 9.18 Å². The minimum atomic E-state index is -0.149. The van der Waals surface area contributed by atoms with E-state index in [0.717, 1.165) is 35.7 Å². The fourth-order valence-corrected chi connectivity index (χ4v) is 3.84. The standard InChI is InChI=1S/C22H25FN4O.HI/c1-2-24-22(27-20-12-17(20)16-8-3-5-9-18(16)23)25-13-14-11-21(28)26-19-10-6-4-7-15(14)19;/h3-10,14,17,20H,2,11-13H2,1H3,(H,26,28)(H2,24,25,27);1H. The third kappa shape index (κ3) is 5.07. The molecule has 3 N–H and O–H groups in total. The molecule has 7 heteroatoms. The molecule has 1 amide bonds. The average molecular weight is 508 g/mol. The van der Waals surface area contributed by atoms with Gasteiger partial charge in [0.25, 0.3) is 0 Å². The fourth-order valence-electron chi connectivity index (χ4n) is 3.84. The van der Waals surface area contributed by atoms with Crippen molar-refractivity contribution in [3.63, 3.8) is 0 Å². The molecule has 29 heavy (non-hydrogen) atoms. The van der Waals surface area contributed by atoms with E-state index in [1.54, 1.807) is 6.07 Å². The number of nitrogens with zero attached hydrogens (tertiary/aromatic N) is 1. The van der Waals surface area contributed by atoms with E-state index in [1.165, 1.54) is 6.07 Å². The van der Waals surface area contributed by atoms with Crippen LogP contribution in [0.5, 0.6) is 0 Å². The number of hydrogen-bond acceptors (Lipinski definition) is 2. The van der Waals surface area contributed by atoms with Crippen molar-refractivity contribution in [2.45, 2.75) is 37.6 Å². The van der Waals surface area contributed by atoms with Crippen molar-refractivity contribution in [2.75, 3.05) is 18.4 Å². The summed E-state index contributed by atoms with van der Waals surface area (Å²) >= 11 is 0. The van der Waals surface area contributed by atoms with E-state index in [9.17, 15) is 9.18 Å².